The molecular formula is C22H31IN4O2. The first kappa shape index (κ1) is 24.7. The van der Waals surface area contributed by atoms with Crippen molar-refractivity contribution in [2.24, 2.45) is 16.6 Å². The van der Waals surface area contributed by atoms with Crippen molar-refractivity contribution in [3.8, 4) is 5.75 Å². The molecule has 0 saturated heterocycles. The molecule has 6 nitrogen and oxygen atoms in total. The third kappa shape index (κ3) is 8.72. The first-order chi connectivity index (χ1) is 13.4. The standard InChI is InChI=1S/C22H30N4O2.HI/c1-5-16(4)21(27)25-19-8-6-7-17(13-19)14-24-22(23)26-18-9-11-20(12-10-18)28-15(2)3;/h6-13,15-16H,5,14H2,1-4H3,(H,25,27)(H3,23,24,26);1H. The average Bonchev–Trinajstić information content (AvgIpc) is 2.67. The molecule has 0 spiro atoms. The molecule has 0 aliphatic carbocycles. The van der Waals surface area contributed by atoms with E-state index in [0.717, 1.165) is 29.1 Å². The van der Waals surface area contributed by atoms with Gasteiger partial charge < -0.3 is 21.1 Å². The summed E-state index contributed by atoms with van der Waals surface area (Å²) in [5.41, 5.74) is 8.56. The monoisotopic (exact) mass is 510 g/mol. The number of rotatable bonds is 8. The molecule has 0 fully saturated rings. The van der Waals surface area contributed by atoms with Crippen LogP contribution in [0.25, 0.3) is 0 Å². The zero-order valence-electron chi connectivity index (χ0n) is 17.4. The van der Waals surface area contributed by atoms with Gasteiger partial charge >= 0.3 is 0 Å². The fourth-order valence-electron chi connectivity index (χ4n) is 2.45. The van der Waals surface area contributed by atoms with Crippen molar-refractivity contribution >= 4 is 47.2 Å². The Hall–Kier alpha value is -2.29. The summed E-state index contributed by atoms with van der Waals surface area (Å²) >= 11 is 0. The number of anilines is 2. The minimum absolute atomic E-state index is 0. The van der Waals surface area contributed by atoms with Crippen LogP contribution < -0.4 is 21.1 Å². The van der Waals surface area contributed by atoms with Gasteiger partial charge in [0.05, 0.1) is 12.6 Å². The molecule has 29 heavy (non-hydrogen) atoms. The van der Waals surface area contributed by atoms with Crippen LogP contribution in [0.5, 0.6) is 5.75 Å². The van der Waals surface area contributed by atoms with Crippen LogP contribution in [0, 0.1) is 5.92 Å². The van der Waals surface area contributed by atoms with E-state index in [4.69, 9.17) is 10.5 Å². The van der Waals surface area contributed by atoms with Crippen LogP contribution >= 0.6 is 24.0 Å². The number of benzene rings is 2. The molecule has 1 atom stereocenters. The van der Waals surface area contributed by atoms with Crippen LogP contribution in [0.4, 0.5) is 11.4 Å². The molecule has 2 aromatic rings. The van der Waals surface area contributed by atoms with Crippen LogP contribution in [0.15, 0.2) is 53.5 Å². The summed E-state index contributed by atoms with van der Waals surface area (Å²) in [4.78, 5) is 16.4. The van der Waals surface area contributed by atoms with Crippen LogP contribution in [-0.4, -0.2) is 18.0 Å². The number of aliphatic imine (C=N–C) groups is 1. The number of guanidine groups is 1. The SMILES string of the molecule is CCC(C)C(=O)Nc1cccc(CN=C(N)Nc2ccc(OC(C)C)cc2)c1.I. The predicted molar refractivity (Wildman–Crippen MR) is 131 cm³/mol. The van der Waals surface area contributed by atoms with Gasteiger partial charge in [-0.2, -0.15) is 0 Å². The fourth-order valence-corrected chi connectivity index (χ4v) is 2.45. The first-order valence-electron chi connectivity index (χ1n) is 9.60. The second-order valence-corrected chi connectivity index (χ2v) is 7.02. The van der Waals surface area contributed by atoms with E-state index in [9.17, 15) is 4.79 Å². The number of nitrogens with one attached hydrogen (secondary N) is 2. The summed E-state index contributed by atoms with van der Waals surface area (Å²) in [7, 11) is 0. The number of nitrogens with zero attached hydrogens (tertiary/aromatic N) is 1. The van der Waals surface area contributed by atoms with Crippen molar-refractivity contribution in [2.75, 3.05) is 10.6 Å². The van der Waals surface area contributed by atoms with E-state index < -0.39 is 0 Å². The number of amides is 1. The summed E-state index contributed by atoms with van der Waals surface area (Å²) in [6.45, 7) is 8.30. The van der Waals surface area contributed by atoms with Crippen molar-refractivity contribution in [3.63, 3.8) is 0 Å². The van der Waals surface area contributed by atoms with Gasteiger partial charge in [0, 0.05) is 17.3 Å². The summed E-state index contributed by atoms with van der Waals surface area (Å²) < 4.78 is 5.62. The Morgan fingerprint density at radius 1 is 1.07 bits per heavy atom. The second kappa shape index (κ2) is 12.3. The van der Waals surface area contributed by atoms with E-state index in [2.05, 4.69) is 15.6 Å². The predicted octanol–water partition coefficient (Wildman–Crippen LogP) is 5.00. The maximum absolute atomic E-state index is 12.0. The van der Waals surface area contributed by atoms with E-state index in [1.54, 1.807) is 0 Å². The van der Waals surface area contributed by atoms with Crippen molar-refractivity contribution in [3.05, 3.63) is 54.1 Å². The van der Waals surface area contributed by atoms with Crippen molar-refractivity contribution in [2.45, 2.75) is 46.8 Å². The minimum Gasteiger partial charge on any atom is -0.491 e. The molecule has 0 aliphatic rings. The van der Waals surface area contributed by atoms with Crippen molar-refractivity contribution in [1.29, 1.82) is 0 Å². The van der Waals surface area contributed by atoms with Gasteiger partial charge in [0.2, 0.25) is 5.91 Å². The zero-order chi connectivity index (χ0) is 20.5. The van der Waals surface area contributed by atoms with Crippen molar-refractivity contribution in [1.82, 2.24) is 0 Å². The van der Waals surface area contributed by atoms with Gasteiger partial charge in [0.15, 0.2) is 5.96 Å². The molecular weight excluding hydrogens is 479 g/mol. The maximum Gasteiger partial charge on any atom is 0.227 e. The molecule has 0 bridgehead atoms. The summed E-state index contributed by atoms with van der Waals surface area (Å²) in [6.07, 6.45) is 0.943. The van der Waals surface area contributed by atoms with Crippen LogP contribution in [0.2, 0.25) is 0 Å². The Morgan fingerprint density at radius 3 is 2.38 bits per heavy atom. The fraction of sp³-hybridized carbons (Fsp3) is 0.364. The third-order valence-electron chi connectivity index (χ3n) is 4.18. The highest BCUT2D eigenvalue weighted by atomic mass is 127. The van der Waals surface area contributed by atoms with Gasteiger partial charge in [0.25, 0.3) is 0 Å². The molecule has 0 aliphatic heterocycles. The number of carbonyl (C=O) groups is 1. The number of nitrogens with two attached hydrogens (primary N) is 1. The minimum atomic E-state index is -0.0150. The number of hydrogen-bond acceptors (Lipinski definition) is 3. The lowest BCUT2D eigenvalue weighted by molar-refractivity contribution is -0.119. The van der Waals surface area contributed by atoms with Gasteiger partial charge in [-0.1, -0.05) is 26.0 Å². The highest BCUT2D eigenvalue weighted by Gasteiger charge is 2.10. The van der Waals surface area contributed by atoms with Crippen LogP contribution in [0.1, 0.15) is 39.7 Å². The molecule has 2 aromatic carbocycles. The van der Waals surface area contributed by atoms with Gasteiger partial charge in [-0.05, 0) is 62.2 Å². The topological polar surface area (TPSA) is 88.7 Å². The summed E-state index contributed by atoms with van der Waals surface area (Å²) in [5, 5.41) is 6.00. The molecule has 0 aromatic heterocycles. The lowest BCUT2D eigenvalue weighted by Crippen LogP contribution is -2.22. The number of halogens is 1. The van der Waals surface area contributed by atoms with E-state index in [0.29, 0.717) is 12.5 Å². The molecule has 2 rings (SSSR count). The number of hydrogen-bond donors (Lipinski definition) is 3. The Balaban J connectivity index is 0.00000420. The Labute approximate surface area is 190 Å². The van der Waals surface area contributed by atoms with E-state index in [-0.39, 0.29) is 41.9 Å². The highest BCUT2D eigenvalue weighted by Crippen LogP contribution is 2.17. The molecule has 4 N–H and O–H groups in total. The van der Waals surface area contributed by atoms with Crippen LogP contribution in [0.3, 0.4) is 0 Å². The van der Waals surface area contributed by atoms with Gasteiger partial charge in [-0.15, -0.1) is 24.0 Å². The molecule has 0 heterocycles. The molecule has 0 saturated carbocycles. The van der Waals surface area contributed by atoms with Gasteiger partial charge in [0.1, 0.15) is 5.75 Å². The van der Waals surface area contributed by atoms with Crippen molar-refractivity contribution < 1.29 is 9.53 Å². The lowest BCUT2D eigenvalue weighted by Gasteiger charge is -2.11. The van der Waals surface area contributed by atoms with E-state index >= 15 is 0 Å². The second-order valence-electron chi connectivity index (χ2n) is 7.02. The number of carbonyl (C=O) groups excluding carboxylic acids is 1. The smallest absolute Gasteiger partial charge is 0.227 e. The van der Waals surface area contributed by atoms with Crippen LogP contribution in [-0.2, 0) is 11.3 Å². The van der Waals surface area contributed by atoms with Gasteiger partial charge in [-0.25, -0.2) is 4.99 Å². The average molecular weight is 510 g/mol. The highest BCUT2D eigenvalue weighted by molar-refractivity contribution is 14.0. The Kier molecular flexibility index (Phi) is 10.5. The Morgan fingerprint density at radius 2 is 1.76 bits per heavy atom. The number of ether oxygens (including phenoxy) is 1. The van der Waals surface area contributed by atoms with Gasteiger partial charge in [-0.3, -0.25) is 4.79 Å². The van der Waals surface area contributed by atoms with E-state index in [1.807, 2.05) is 76.2 Å². The molecule has 1 unspecified atom stereocenters. The third-order valence-corrected chi connectivity index (χ3v) is 4.18. The van der Waals surface area contributed by atoms with E-state index in [1.165, 1.54) is 0 Å². The lowest BCUT2D eigenvalue weighted by atomic mass is 10.1. The zero-order valence-corrected chi connectivity index (χ0v) is 19.8. The normalized spacial score (nSPS) is 12.1. The summed E-state index contributed by atoms with van der Waals surface area (Å²) in [6, 6.07) is 15.2. The molecule has 7 heteroatoms. The first-order valence-corrected chi connectivity index (χ1v) is 9.60. The molecule has 0 radical (unpaired) electrons. The maximum atomic E-state index is 12.0. The molecule has 158 valence electrons. The molecule has 1 amide bonds. The summed E-state index contributed by atoms with van der Waals surface area (Å²) in [5.74, 6) is 1.15. The quantitative estimate of drug-likeness (QED) is 0.265. The Bertz CT molecular complexity index is 807. The largest absolute Gasteiger partial charge is 0.491 e.